The zero-order chi connectivity index (χ0) is 38.2. The average molecular weight is 740 g/mol. The van der Waals surface area contributed by atoms with Gasteiger partial charge in [-0.3, -0.25) is 4.57 Å². The number of nitrogens with zero attached hydrogens (tertiary/aromatic N) is 5. The molecule has 12 aromatic rings. The van der Waals surface area contributed by atoms with E-state index < -0.39 is 0 Å². The van der Waals surface area contributed by atoms with Crippen LogP contribution >= 0.6 is 0 Å². The number of aromatic nitrogens is 5. The molecule has 0 bridgehead atoms. The average Bonchev–Trinajstić information content (AvgIpc) is 3.82. The van der Waals surface area contributed by atoms with Crippen LogP contribution in [-0.2, 0) is 0 Å². The lowest BCUT2D eigenvalue weighted by Crippen LogP contribution is -2.06. The Labute approximate surface area is 334 Å². The molecule has 0 aliphatic heterocycles. The molecule has 0 atom stereocenters. The van der Waals surface area contributed by atoms with Crippen LogP contribution in [0.15, 0.2) is 200 Å². The van der Waals surface area contributed by atoms with E-state index in [9.17, 15) is 0 Å². The molecular formula is C53H33N5. The van der Waals surface area contributed by atoms with E-state index in [2.05, 4.69) is 149 Å². The monoisotopic (exact) mass is 739 g/mol. The number of fused-ring (bicyclic) bond motifs is 3. The summed E-state index contributed by atoms with van der Waals surface area (Å²) in [6.07, 6.45) is 0. The third-order valence-electron chi connectivity index (χ3n) is 11.6. The standard InChI is InChI=1S/C53H33N5/c1-4-13-34(14-5-1)35-23-27-40(28-24-35)57-47-22-12-19-36-25-29-43-41(30-32-48(57)50(43)49(36)47)39-26-31-46-44(33-39)42-20-10-11-21-45(42)58(46)53-55-51(37-15-6-2-7-16-37)54-52(56-53)38-17-8-3-9-18-38/h1-33H. The van der Waals surface area contributed by atoms with Crippen LogP contribution in [0.4, 0.5) is 0 Å². The van der Waals surface area contributed by atoms with E-state index in [-0.39, 0.29) is 0 Å². The van der Waals surface area contributed by atoms with Crippen LogP contribution in [0, 0.1) is 0 Å². The second-order valence-electron chi connectivity index (χ2n) is 14.8. The van der Waals surface area contributed by atoms with Crippen LogP contribution in [0.2, 0.25) is 0 Å². The molecule has 0 aliphatic carbocycles. The molecule has 0 fully saturated rings. The van der Waals surface area contributed by atoms with E-state index in [0.717, 1.165) is 44.2 Å². The maximum Gasteiger partial charge on any atom is 0.238 e. The predicted octanol–water partition coefficient (Wildman–Crippen LogP) is 13.3. The summed E-state index contributed by atoms with van der Waals surface area (Å²) >= 11 is 0. The molecule has 0 spiro atoms. The maximum absolute atomic E-state index is 5.13. The van der Waals surface area contributed by atoms with Gasteiger partial charge < -0.3 is 4.57 Å². The normalized spacial score (nSPS) is 11.8. The Balaban J connectivity index is 1.04. The summed E-state index contributed by atoms with van der Waals surface area (Å²) in [5.41, 5.74) is 12.3. The van der Waals surface area contributed by atoms with Gasteiger partial charge in [0.25, 0.3) is 0 Å². The zero-order valence-corrected chi connectivity index (χ0v) is 31.3. The molecule has 9 aromatic carbocycles. The second kappa shape index (κ2) is 12.8. The van der Waals surface area contributed by atoms with Crippen molar-refractivity contribution in [2.45, 2.75) is 0 Å². The number of hydrogen-bond acceptors (Lipinski definition) is 3. The minimum atomic E-state index is 0.586. The van der Waals surface area contributed by atoms with Gasteiger partial charge in [0.1, 0.15) is 0 Å². The smallest absolute Gasteiger partial charge is 0.238 e. The van der Waals surface area contributed by atoms with E-state index >= 15 is 0 Å². The minimum Gasteiger partial charge on any atom is -0.309 e. The van der Waals surface area contributed by atoms with Crippen LogP contribution in [0.3, 0.4) is 0 Å². The fourth-order valence-corrected chi connectivity index (χ4v) is 8.90. The third kappa shape index (κ3) is 5.00. The van der Waals surface area contributed by atoms with Gasteiger partial charge in [0.2, 0.25) is 5.95 Å². The molecule has 58 heavy (non-hydrogen) atoms. The highest BCUT2D eigenvalue weighted by Crippen LogP contribution is 2.44. The van der Waals surface area contributed by atoms with Crippen molar-refractivity contribution in [3.8, 4) is 56.7 Å². The lowest BCUT2D eigenvalue weighted by Gasteiger charge is -2.12. The predicted molar refractivity (Wildman–Crippen MR) is 239 cm³/mol. The van der Waals surface area contributed by atoms with E-state index in [0.29, 0.717) is 17.6 Å². The van der Waals surface area contributed by atoms with Crippen LogP contribution in [0.1, 0.15) is 0 Å². The fourth-order valence-electron chi connectivity index (χ4n) is 8.90. The molecule has 270 valence electrons. The van der Waals surface area contributed by atoms with Gasteiger partial charge in [0, 0.05) is 38.4 Å². The van der Waals surface area contributed by atoms with Gasteiger partial charge in [-0.25, -0.2) is 4.98 Å². The Bertz CT molecular complexity index is 3420. The van der Waals surface area contributed by atoms with Gasteiger partial charge >= 0.3 is 0 Å². The largest absolute Gasteiger partial charge is 0.309 e. The van der Waals surface area contributed by atoms with Crippen molar-refractivity contribution in [2.24, 2.45) is 0 Å². The Morgan fingerprint density at radius 1 is 0.310 bits per heavy atom. The Morgan fingerprint density at radius 2 is 0.879 bits per heavy atom. The SMILES string of the molecule is c1ccc(-c2ccc(-n3c4cccc5ccc6c(-c7ccc8c(c7)c7ccccc7n8-c7nc(-c8ccccc8)nc(-c8ccccc8)n7)ccc3c6c54)cc2)cc1. The van der Waals surface area contributed by atoms with Gasteiger partial charge in [0.15, 0.2) is 11.6 Å². The molecule has 12 rings (SSSR count). The summed E-state index contributed by atoms with van der Waals surface area (Å²) in [5, 5.41) is 7.34. The van der Waals surface area contributed by atoms with Crippen molar-refractivity contribution >= 4 is 54.4 Å². The highest BCUT2D eigenvalue weighted by atomic mass is 15.2. The van der Waals surface area contributed by atoms with Gasteiger partial charge in [0.05, 0.1) is 22.1 Å². The highest BCUT2D eigenvalue weighted by molar-refractivity contribution is 6.27. The minimum absolute atomic E-state index is 0.586. The van der Waals surface area contributed by atoms with Crippen molar-refractivity contribution in [3.63, 3.8) is 0 Å². The molecule has 0 unspecified atom stereocenters. The van der Waals surface area contributed by atoms with Crippen LogP contribution < -0.4 is 0 Å². The summed E-state index contributed by atoms with van der Waals surface area (Å²) in [5.74, 6) is 1.86. The summed E-state index contributed by atoms with van der Waals surface area (Å²) in [7, 11) is 0. The maximum atomic E-state index is 5.13. The molecule has 0 radical (unpaired) electrons. The molecule has 5 heteroatoms. The third-order valence-corrected chi connectivity index (χ3v) is 11.6. The fraction of sp³-hybridized carbons (Fsp3) is 0. The van der Waals surface area contributed by atoms with Crippen molar-refractivity contribution in [1.29, 1.82) is 0 Å². The Kier molecular flexibility index (Phi) is 7.16. The van der Waals surface area contributed by atoms with E-state index in [1.165, 1.54) is 49.3 Å². The molecule has 0 saturated carbocycles. The molecule has 5 nitrogen and oxygen atoms in total. The first-order valence-corrected chi connectivity index (χ1v) is 19.6. The zero-order valence-electron chi connectivity index (χ0n) is 31.3. The summed E-state index contributed by atoms with van der Waals surface area (Å²) in [6, 6.07) is 71.0. The van der Waals surface area contributed by atoms with Crippen molar-refractivity contribution in [2.75, 3.05) is 0 Å². The first-order valence-electron chi connectivity index (χ1n) is 19.6. The number of rotatable bonds is 6. The van der Waals surface area contributed by atoms with Gasteiger partial charge in [-0.05, 0) is 75.5 Å². The molecule has 0 amide bonds. The van der Waals surface area contributed by atoms with Crippen LogP contribution in [0.25, 0.3) is 111 Å². The molecule has 0 saturated heterocycles. The topological polar surface area (TPSA) is 48.5 Å². The second-order valence-corrected chi connectivity index (χ2v) is 14.8. The highest BCUT2D eigenvalue weighted by Gasteiger charge is 2.21. The van der Waals surface area contributed by atoms with E-state index in [4.69, 9.17) is 15.0 Å². The van der Waals surface area contributed by atoms with Gasteiger partial charge in [-0.15, -0.1) is 0 Å². The van der Waals surface area contributed by atoms with Crippen LogP contribution in [0.5, 0.6) is 0 Å². The lowest BCUT2D eigenvalue weighted by atomic mass is 9.94. The van der Waals surface area contributed by atoms with E-state index in [1.807, 2.05) is 60.7 Å². The number of benzene rings is 9. The molecule has 0 N–H and O–H groups in total. The molecule has 3 heterocycles. The van der Waals surface area contributed by atoms with Crippen molar-refractivity contribution in [3.05, 3.63) is 200 Å². The Morgan fingerprint density at radius 3 is 1.60 bits per heavy atom. The molecular weight excluding hydrogens is 707 g/mol. The quantitative estimate of drug-likeness (QED) is 0.160. The van der Waals surface area contributed by atoms with E-state index in [1.54, 1.807) is 0 Å². The first kappa shape index (κ1) is 32.4. The Hall–Kier alpha value is -7.89. The summed E-state index contributed by atoms with van der Waals surface area (Å²) < 4.78 is 4.60. The van der Waals surface area contributed by atoms with Crippen molar-refractivity contribution < 1.29 is 0 Å². The summed E-state index contributed by atoms with van der Waals surface area (Å²) in [4.78, 5) is 15.2. The van der Waals surface area contributed by atoms with Gasteiger partial charge in [-0.2, -0.15) is 9.97 Å². The first-order chi connectivity index (χ1) is 28.8. The van der Waals surface area contributed by atoms with Gasteiger partial charge in [-0.1, -0.05) is 158 Å². The number of hydrogen-bond donors (Lipinski definition) is 0. The van der Waals surface area contributed by atoms with Crippen molar-refractivity contribution in [1.82, 2.24) is 24.1 Å². The lowest BCUT2D eigenvalue weighted by molar-refractivity contribution is 0.953. The molecule has 0 aliphatic rings. The summed E-state index contributed by atoms with van der Waals surface area (Å²) in [6.45, 7) is 0. The number of para-hydroxylation sites is 1. The van der Waals surface area contributed by atoms with Crippen LogP contribution in [-0.4, -0.2) is 24.1 Å². The molecule has 3 aromatic heterocycles.